The molecule has 3 aliphatic carbocycles. The fraction of sp³-hybridized carbons (Fsp3) is 0.550. The molecule has 2 aromatic rings. The van der Waals surface area contributed by atoms with E-state index in [1.54, 1.807) is 0 Å². The van der Waals surface area contributed by atoms with Crippen LogP contribution in [0.4, 0.5) is 18.9 Å². The van der Waals surface area contributed by atoms with Gasteiger partial charge < -0.3 is 5.32 Å². The lowest BCUT2D eigenvalue weighted by Gasteiger charge is -2.13. The van der Waals surface area contributed by atoms with Crippen LogP contribution in [-0.2, 0) is 22.5 Å². The lowest BCUT2D eigenvalue weighted by molar-refractivity contribution is -0.138. The first-order chi connectivity index (χ1) is 14.5. The van der Waals surface area contributed by atoms with Crippen LogP contribution in [0.2, 0.25) is 0 Å². The summed E-state index contributed by atoms with van der Waals surface area (Å²) in [7, 11) is -3.14. The molecular weight excluding hydrogens is 431 g/mol. The second-order valence-corrected chi connectivity index (χ2v) is 11.1. The van der Waals surface area contributed by atoms with Crippen LogP contribution in [-0.4, -0.2) is 31.1 Å². The van der Waals surface area contributed by atoms with E-state index in [9.17, 15) is 22.2 Å². The summed E-state index contributed by atoms with van der Waals surface area (Å²) in [5, 5.41) is 6.70. The zero-order chi connectivity index (χ0) is 22.2. The predicted molar refractivity (Wildman–Crippen MR) is 106 cm³/mol. The van der Waals surface area contributed by atoms with Crippen LogP contribution in [0.25, 0.3) is 0 Å². The van der Waals surface area contributed by atoms with E-state index in [1.807, 2.05) is 0 Å². The van der Waals surface area contributed by atoms with Crippen LogP contribution >= 0.6 is 0 Å². The molecule has 0 bridgehead atoms. The zero-order valence-electron chi connectivity index (χ0n) is 16.8. The van der Waals surface area contributed by atoms with E-state index >= 15 is 0 Å². The van der Waals surface area contributed by atoms with Crippen LogP contribution < -0.4 is 5.32 Å². The fourth-order valence-corrected chi connectivity index (χ4v) is 4.94. The molecule has 2 atom stereocenters. The number of halogens is 3. The van der Waals surface area contributed by atoms with Crippen molar-refractivity contribution in [1.29, 1.82) is 4.78 Å². The highest BCUT2D eigenvalue weighted by molar-refractivity contribution is 7.91. The van der Waals surface area contributed by atoms with Crippen LogP contribution in [0.3, 0.4) is 0 Å². The molecule has 0 unspecified atom stereocenters. The van der Waals surface area contributed by atoms with Gasteiger partial charge in [-0.1, -0.05) is 0 Å². The van der Waals surface area contributed by atoms with E-state index in [0.29, 0.717) is 19.4 Å². The molecule has 2 N–H and O–H groups in total. The molecule has 5 rings (SSSR count). The molecule has 3 saturated carbocycles. The van der Waals surface area contributed by atoms with Crippen molar-refractivity contribution in [2.45, 2.75) is 55.8 Å². The number of nitrogens with zero attached hydrogens (tertiary/aromatic N) is 3. The highest BCUT2D eigenvalue weighted by Crippen LogP contribution is 2.71. The Bertz CT molecular complexity index is 1180. The normalized spacial score (nSPS) is 23.4. The Hall–Kier alpha value is -2.43. The maximum absolute atomic E-state index is 14.0. The first kappa shape index (κ1) is 20.5. The fourth-order valence-electron chi connectivity index (χ4n) is 4.33. The Morgan fingerprint density at radius 2 is 2.10 bits per heavy atom. The number of nitrogens with one attached hydrogen (secondary N) is 2. The molecule has 31 heavy (non-hydrogen) atoms. The van der Waals surface area contributed by atoms with Crippen molar-refractivity contribution in [1.82, 2.24) is 14.8 Å². The minimum Gasteiger partial charge on any atom is -0.320 e. The highest BCUT2D eigenvalue weighted by atomic mass is 32.2. The third-order valence-corrected chi connectivity index (χ3v) is 7.50. The van der Waals surface area contributed by atoms with Gasteiger partial charge in [0.1, 0.15) is 16.3 Å². The monoisotopic (exact) mass is 453 g/mol. The summed E-state index contributed by atoms with van der Waals surface area (Å²) in [6.45, 7) is 0.301. The molecule has 1 spiro atoms. The number of hydrogen-bond acceptors (Lipinski definition) is 5. The van der Waals surface area contributed by atoms with Crippen LogP contribution in [0.15, 0.2) is 23.4 Å². The zero-order valence-corrected chi connectivity index (χ0v) is 17.6. The first-order valence-corrected chi connectivity index (χ1v) is 12.1. The van der Waals surface area contributed by atoms with Crippen molar-refractivity contribution in [2.75, 3.05) is 11.6 Å². The maximum atomic E-state index is 14.0. The van der Waals surface area contributed by atoms with Gasteiger partial charge in [0.05, 0.1) is 15.4 Å². The van der Waals surface area contributed by atoms with Crippen molar-refractivity contribution >= 4 is 21.3 Å². The van der Waals surface area contributed by atoms with Crippen molar-refractivity contribution in [3.05, 3.63) is 35.3 Å². The molecule has 2 heterocycles. The molecule has 3 fully saturated rings. The number of amides is 1. The van der Waals surface area contributed by atoms with E-state index in [4.69, 9.17) is 4.78 Å². The van der Waals surface area contributed by atoms with E-state index < -0.39 is 33.1 Å². The molecule has 0 saturated heterocycles. The highest BCUT2D eigenvalue weighted by Gasteiger charge is 2.62. The molecule has 3 aliphatic rings. The third kappa shape index (κ3) is 3.83. The van der Waals surface area contributed by atoms with Crippen molar-refractivity contribution in [2.24, 2.45) is 11.3 Å². The SMILES string of the molecule is C[S@](=N)(=O)c1cc(NC(=O)c2c(C(F)(F)F)c(C3CC3)nn2C[C@@H]2CC23CC3)ccn1. The number of aromatic nitrogens is 3. The summed E-state index contributed by atoms with van der Waals surface area (Å²) >= 11 is 0. The summed E-state index contributed by atoms with van der Waals surface area (Å²) in [6.07, 6.45) is 2.16. The van der Waals surface area contributed by atoms with Gasteiger partial charge in [-0.25, -0.2) is 14.0 Å². The Morgan fingerprint density at radius 1 is 1.39 bits per heavy atom. The van der Waals surface area contributed by atoms with Gasteiger partial charge in [-0.15, -0.1) is 0 Å². The van der Waals surface area contributed by atoms with E-state index in [-0.39, 0.29) is 33.7 Å². The molecule has 166 valence electrons. The number of carbonyl (C=O) groups excluding carboxylic acids is 1. The van der Waals surface area contributed by atoms with Gasteiger partial charge in [-0.05, 0) is 55.6 Å². The van der Waals surface area contributed by atoms with Gasteiger partial charge >= 0.3 is 6.18 Å². The number of carbonyl (C=O) groups is 1. The minimum absolute atomic E-state index is 0.0405. The maximum Gasteiger partial charge on any atom is 0.420 e. The van der Waals surface area contributed by atoms with Crippen LogP contribution in [0.1, 0.15) is 59.8 Å². The van der Waals surface area contributed by atoms with Crippen LogP contribution in [0, 0.1) is 16.1 Å². The second-order valence-electron chi connectivity index (χ2n) is 9.01. The molecular formula is C20H22F3N5O2S. The lowest BCUT2D eigenvalue weighted by atomic mass is 10.1. The number of pyridine rings is 1. The molecule has 0 aliphatic heterocycles. The molecule has 11 heteroatoms. The van der Waals surface area contributed by atoms with Crippen LogP contribution in [0.5, 0.6) is 0 Å². The Balaban J connectivity index is 1.52. The molecule has 1 amide bonds. The number of hydrogen-bond donors (Lipinski definition) is 2. The smallest absolute Gasteiger partial charge is 0.320 e. The lowest BCUT2D eigenvalue weighted by Crippen LogP contribution is -2.23. The summed E-state index contributed by atoms with van der Waals surface area (Å²) in [6, 6.07) is 2.64. The van der Waals surface area contributed by atoms with E-state index in [2.05, 4.69) is 15.4 Å². The largest absolute Gasteiger partial charge is 0.420 e. The van der Waals surface area contributed by atoms with Gasteiger partial charge in [-0.2, -0.15) is 18.3 Å². The quantitative estimate of drug-likeness (QED) is 0.682. The average molecular weight is 453 g/mol. The Labute approximate surface area is 177 Å². The number of rotatable bonds is 6. The molecule has 2 aromatic heterocycles. The molecule has 7 nitrogen and oxygen atoms in total. The Morgan fingerprint density at radius 3 is 2.65 bits per heavy atom. The van der Waals surface area contributed by atoms with Gasteiger partial charge in [0.15, 0.2) is 0 Å². The van der Waals surface area contributed by atoms with Gasteiger partial charge in [0.25, 0.3) is 5.91 Å². The molecule has 0 radical (unpaired) electrons. The topological polar surface area (TPSA) is 101 Å². The van der Waals surface area contributed by atoms with Crippen molar-refractivity contribution < 1.29 is 22.2 Å². The average Bonchev–Trinajstić information content (AvgIpc) is 3.57. The number of alkyl halides is 3. The summed E-state index contributed by atoms with van der Waals surface area (Å²) in [5.41, 5.74) is -1.07. The summed E-state index contributed by atoms with van der Waals surface area (Å²) in [5.74, 6) is -0.922. The van der Waals surface area contributed by atoms with E-state index in [0.717, 1.165) is 19.3 Å². The van der Waals surface area contributed by atoms with Crippen molar-refractivity contribution in [3.8, 4) is 0 Å². The van der Waals surface area contributed by atoms with Gasteiger partial charge in [-0.3, -0.25) is 9.48 Å². The summed E-state index contributed by atoms with van der Waals surface area (Å²) in [4.78, 5) is 16.9. The minimum atomic E-state index is -4.70. The number of anilines is 1. The predicted octanol–water partition coefficient (Wildman–Crippen LogP) is 4.26. The van der Waals surface area contributed by atoms with Crippen molar-refractivity contribution in [3.63, 3.8) is 0 Å². The Kier molecular flexibility index (Phi) is 4.32. The first-order valence-electron chi connectivity index (χ1n) is 10.2. The standard InChI is InChI=1S/C20H22F3N5O2S/c1-31(24,30)14-8-13(4-7-25-14)26-18(29)17-15(20(21,22)23)16(11-2-3-11)27-28(17)10-12-9-19(12)5-6-19/h4,7-8,11-12,24H,2-3,5-6,9-10H2,1H3,(H,25,26,29)/t12-,31-/m0/s1. The second kappa shape index (κ2) is 6.54. The third-order valence-electron chi connectivity index (χ3n) is 6.48. The van der Waals surface area contributed by atoms with Gasteiger partial charge in [0.2, 0.25) is 0 Å². The van der Waals surface area contributed by atoms with Gasteiger partial charge in [0, 0.05) is 30.6 Å². The van der Waals surface area contributed by atoms with E-state index in [1.165, 1.54) is 29.3 Å². The molecule has 0 aromatic carbocycles. The summed E-state index contributed by atoms with van der Waals surface area (Å²) < 4.78 is 63.0.